The lowest BCUT2D eigenvalue weighted by Gasteiger charge is -2.26. The van der Waals surface area contributed by atoms with Crippen molar-refractivity contribution in [3.63, 3.8) is 0 Å². The number of para-hydroxylation sites is 1. The van der Waals surface area contributed by atoms with Crippen LogP contribution in [0.3, 0.4) is 0 Å². The first-order valence-corrected chi connectivity index (χ1v) is 9.85. The minimum Gasteiger partial charge on any atom is -0.503 e. The quantitative estimate of drug-likeness (QED) is 0.486. The first-order chi connectivity index (χ1) is 15.1. The van der Waals surface area contributed by atoms with Gasteiger partial charge in [-0.15, -0.1) is 0 Å². The molecule has 1 unspecified atom stereocenters. The molecule has 31 heavy (non-hydrogen) atoms. The number of fused-ring (bicyclic) bond motifs is 1. The zero-order valence-electron chi connectivity index (χ0n) is 16.4. The van der Waals surface area contributed by atoms with E-state index in [1.165, 1.54) is 4.90 Å². The van der Waals surface area contributed by atoms with E-state index in [2.05, 4.69) is 4.98 Å². The Labute approximate surface area is 178 Å². The highest BCUT2D eigenvalue weighted by molar-refractivity contribution is 6.15. The average Bonchev–Trinajstić information content (AvgIpc) is 3.35. The number of carbonyl (C=O) groups excluding carboxylic acids is 2. The van der Waals surface area contributed by atoms with Gasteiger partial charge in [-0.05, 0) is 29.8 Å². The molecule has 2 aromatic heterocycles. The van der Waals surface area contributed by atoms with E-state index in [0.717, 1.165) is 10.9 Å². The molecule has 0 saturated heterocycles. The summed E-state index contributed by atoms with van der Waals surface area (Å²) in [5.41, 5.74) is 1.94. The minimum atomic E-state index is -0.753. The van der Waals surface area contributed by atoms with Crippen LogP contribution in [0, 0.1) is 0 Å². The van der Waals surface area contributed by atoms with Crippen molar-refractivity contribution in [2.45, 2.75) is 12.6 Å². The number of rotatable bonds is 5. The SMILES string of the molecule is O=C(C1=C(O)C(=O)N(Cc2ccccn2)C1c1ccccc1)c1cc2ccccc2o1. The van der Waals surface area contributed by atoms with E-state index in [0.29, 0.717) is 11.3 Å². The van der Waals surface area contributed by atoms with Gasteiger partial charge in [0.15, 0.2) is 11.5 Å². The molecule has 0 saturated carbocycles. The van der Waals surface area contributed by atoms with Crippen molar-refractivity contribution in [2.75, 3.05) is 0 Å². The Morgan fingerprint density at radius 3 is 2.48 bits per heavy atom. The summed E-state index contributed by atoms with van der Waals surface area (Å²) in [6, 6.07) is 22.7. The number of nitrogens with zero attached hydrogens (tertiary/aromatic N) is 2. The van der Waals surface area contributed by atoms with E-state index in [4.69, 9.17) is 4.42 Å². The molecule has 0 radical (unpaired) electrons. The van der Waals surface area contributed by atoms with Gasteiger partial charge < -0.3 is 14.4 Å². The average molecular weight is 410 g/mol. The van der Waals surface area contributed by atoms with Crippen molar-refractivity contribution in [3.8, 4) is 0 Å². The lowest BCUT2D eigenvalue weighted by molar-refractivity contribution is -0.130. The van der Waals surface area contributed by atoms with E-state index in [1.807, 2.05) is 54.6 Å². The van der Waals surface area contributed by atoms with E-state index >= 15 is 0 Å². The molecular weight excluding hydrogens is 392 g/mol. The maximum Gasteiger partial charge on any atom is 0.290 e. The van der Waals surface area contributed by atoms with Gasteiger partial charge in [0.2, 0.25) is 5.78 Å². The predicted octanol–water partition coefficient (Wildman–Crippen LogP) is 4.61. The van der Waals surface area contributed by atoms with Crippen LogP contribution in [0.1, 0.15) is 27.9 Å². The largest absolute Gasteiger partial charge is 0.503 e. The Balaban J connectivity index is 1.59. The molecule has 1 amide bonds. The van der Waals surface area contributed by atoms with Crippen molar-refractivity contribution >= 4 is 22.7 Å². The Hall–Kier alpha value is -4.19. The number of ketones is 1. The van der Waals surface area contributed by atoms with E-state index in [-0.39, 0.29) is 17.9 Å². The summed E-state index contributed by atoms with van der Waals surface area (Å²) in [5, 5.41) is 11.5. The van der Waals surface area contributed by atoms with Crippen molar-refractivity contribution < 1.29 is 19.1 Å². The molecular formula is C25H18N2O4. The van der Waals surface area contributed by atoms with Crippen LogP contribution in [0.5, 0.6) is 0 Å². The van der Waals surface area contributed by atoms with Gasteiger partial charge in [-0.1, -0.05) is 54.6 Å². The van der Waals surface area contributed by atoms with E-state index < -0.39 is 23.5 Å². The fourth-order valence-corrected chi connectivity index (χ4v) is 3.92. The number of pyridine rings is 1. The van der Waals surface area contributed by atoms with Crippen LogP contribution in [0.2, 0.25) is 0 Å². The van der Waals surface area contributed by atoms with Gasteiger partial charge in [0.05, 0.1) is 23.9 Å². The third-order valence-electron chi connectivity index (χ3n) is 5.37. The minimum absolute atomic E-state index is 0.00573. The molecule has 1 N–H and O–H groups in total. The number of hydrogen-bond donors (Lipinski definition) is 1. The van der Waals surface area contributed by atoms with Crippen LogP contribution in [0.4, 0.5) is 0 Å². The van der Waals surface area contributed by atoms with Crippen LogP contribution >= 0.6 is 0 Å². The molecule has 0 bridgehead atoms. The molecule has 1 atom stereocenters. The fourth-order valence-electron chi connectivity index (χ4n) is 3.92. The summed E-state index contributed by atoms with van der Waals surface area (Å²) < 4.78 is 5.73. The zero-order chi connectivity index (χ0) is 21.4. The molecule has 1 aliphatic heterocycles. The maximum absolute atomic E-state index is 13.4. The number of hydrogen-bond acceptors (Lipinski definition) is 5. The summed E-state index contributed by atoms with van der Waals surface area (Å²) in [6.45, 7) is 0.153. The second kappa shape index (κ2) is 7.57. The first kappa shape index (κ1) is 18.8. The molecule has 1 aliphatic rings. The van der Waals surface area contributed by atoms with Crippen LogP contribution in [-0.4, -0.2) is 26.7 Å². The smallest absolute Gasteiger partial charge is 0.290 e. The highest BCUT2D eigenvalue weighted by Crippen LogP contribution is 2.40. The van der Waals surface area contributed by atoms with Gasteiger partial charge in [0, 0.05) is 11.6 Å². The van der Waals surface area contributed by atoms with E-state index in [1.54, 1.807) is 30.5 Å². The summed E-state index contributed by atoms with van der Waals surface area (Å²) in [7, 11) is 0. The molecule has 0 spiro atoms. The van der Waals surface area contributed by atoms with Crippen LogP contribution in [0.25, 0.3) is 11.0 Å². The zero-order valence-corrected chi connectivity index (χ0v) is 16.4. The number of benzene rings is 2. The Bertz CT molecular complexity index is 1280. The van der Waals surface area contributed by atoms with Gasteiger partial charge >= 0.3 is 0 Å². The third kappa shape index (κ3) is 3.28. The topological polar surface area (TPSA) is 83.6 Å². The van der Waals surface area contributed by atoms with Gasteiger partial charge in [0.1, 0.15) is 5.58 Å². The van der Waals surface area contributed by atoms with Crippen molar-refractivity contribution in [1.29, 1.82) is 0 Å². The normalized spacial score (nSPS) is 16.3. The number of aromatic nitrogens is 1. The molecule has 5 rings (SSSR count). The lowest BCUT2D eigenvalue weighted by atomic mass is 9.95. The second-order valence-electron chi connectivity index (χ2n) is 7.31. The summed E-state index contributed by atoms with van der Waals surface area (Å²) in [5.74, 6) is -1.61. The molecule has 6 nitrogen and oxygen atoms in total. The maximum atomic E-state index is 13.4. The molecule has 4 aromatic rings. The second-order valence-corrected chi connectivity index (χ2v) is 7.31. The Morgan fingerprint density at radius 1 is 1.00 bits per heavy atom. The first-order valence-electron chi connectivity index (χ1n) is 9.85. The van der Waals surface area contributed by atoms with Crippen LogP contribution in [-0.2, 0) is 11.3 Å². The number of aliphatic hydroxyl groups is 1. The van der Waals surface area contributed by atoms with Gasteiger partial charge in [-0.25, -0.2) is 0 Å². The molecule has 152 valence electrons. The monoisotopic (exact) mass is 410 g/mol. The van der Waals surface area contributed by atoms with Gasteiger partial charge in [-0.2, -0.15) is 0 Å². The van der Waals surface area contributed by atoms with Crippen molar-refractivity contribution in [1.82, 2.24) is 9.88 Å². The number of furan rings is 1. The Morgan fingerprint density at radius 2 is 1.74 bits per heavy atom. The highest BCUT2D eigenvalue weighted by Gasteiger charge is 2.44. The molecule has 6 heteroatoms. The molecule has 2 aromatic carbocycles. The number of Topliss-reactive ketones (excluding diaryl/α,β-unsaturated/α-hetero) is 1. The van der Waals surface area contributed by atoms with Crippen LogP contribution in [0.15, 0.2) is 101 Å². The Kier molecular flexibility index (Phi) is 4.59. The van der Waals surface area contributed by atoms with Crippen LogP contribution < -0.4 is 0 Å². The van der Waals surface area contributed by atoms with Crippen molar-refractivity contribution in [3.05, 3.63) is 113 Å². The molecule has 3 heterocycles. The van der Waals surface area contributed by atoms with Gasteiger partial charge in [-0.3, -0.25) is 14.6 Å². The van der Waals surface area contributed by atoms with E-state index in [9.17, 15) is 14.7 Å². The summed E-state index contributed by atoms with van der Waals surface area (Å²) in [4.78, 5) is 32.2. The van der Waals surface area contributed by atoms with Gasteiger partial charge in [0.25, 0.3) is 5.91 Å². The number of carbonyl (C=O) groups is 2. The predicted molar refractivity (Wildman–Crippen MR) is 114 cm³/mol. The standard InChI is InChI=1S/C25H18N2O4/c28-23(20-14-17-10-4-5-12-19(17)31-20)21-22(16-8-2-1-3-9-16)27(25(30)24(21)29)15-18-11-6-7-13-26-18/h1-14,22,29H,15H2. The lowest BCUT2D eigenvalue weighted by Crippen LogP contribution is -2.31. The highest BCUT2D eigenvalue weighted by atomic mass is 16.3. The molecule has 0 aliphatic carbocycles. The molecule has 0 fully saturated rings. The summed E-state index contributed by atoms with van der Waals surface area (Å²) >= 11 is 0. The third-order valence-corrected chi connectivity index (χ3v) is 5.37. The fraction of sp³-hybridized carbons (Fsp3) is 0.0800. The summed E-state index contributed by atoms with van der Waals surface area (Å²) in [6.07, 6.45) is 1.64. The van der Waals surface area contributed by atoms with Crippen molar-refractivity contribution in [2.24, 2.45) is 0 Å². The number of amides is 1. The number of aliphatic hydroxyl groups excluding tert-OH is 1.